The van der Waals surface area contributed by atoms with Crippen molar-refractivity contribution < 1.29 is 9.53 Å². The largest absolute Gasteiger partial charge is 0.461 e. The van der Waals surface area contributed by atoms with Crippen LogP contribution in [0.5, 0.6) is 5.75 Å². The molecule has 0 N–H and O–H groups in total. The first-order chi connectivity index (χ1) is 10.8. The standard InChI is InChI=1S/C19H16O2S/c20-15-10-6-12-17-18(15)19(22-13-7-2-1-3-8-13)14-9-4-5-11-16(14)21-17/h1-5,7-9,11,19H,6,10,12H2. The molecule has 2 nitrogen and oxygen atoms in total. The highest BCUT2D eigenvalue weighted by Crippen LogP contribution is 2.50. The number of ether oxygens (including phenoxy) is 1. The van der Waals surface area contributed by atoms with Crippen molar-refractivity contribution in [2.45, 2.75) is 29.4 Å². The van der Waals surface area contributed by atoms with Crippen molar-refractivity contribution in [3.05, 3.63) is 71.5 Å². The molecule has 0 aromatic heterocycles. The van der Waals surface area contributed by atoms with E-state index in [1.165, 1.54) is 4.90 Å². The van der Waals surface area contributed by atoms with E-state index >= 15 is 0 Å². The third-order valence-electron chi connectivity index (χ3n) is 4.10. The molecular weight excluding hydrogens is 292 g/mol. The fraction of sp³-hybridized carbons (Fsp3) is 0.211. The Balaban J connectivity index is 1.81. The van der Waals surface area contributed by atoms with Crippen LogP contribution in [0.15, 0.2) is 70.8 Å². The van der Waals surface area contributed by atoms with Crippen molar-refractivity contribution in [3.8, 4) is 5.75 Å². The van der Waals surface area contributed by atoms with Gasteiger partial charge in [0.05, 0.1) is 10.8 Å². The fourth-order valence-corrected chi connectivity index (χ4v) is 4.36. The Labute approximate surface area is 134 Å². The van der Waals surface area contributed by atoms with Gasteiger partial charge in [-0.3, -0.25) is 4.79 Å². The summed E-state index contributed by atoms with van der Waals surface area (Å²) >= 11 is 1.74. The van der Waals surface area contributed by atoms with Crippen LogP contribution >= 0.6 is 11.8 Å². The molecule has 0 amide bonds. The van der Waals surface area contributed by atoms with Gasteiger partial charge >= 0.3 is 0 Å². The minimum atomic E-state index is 0.0372. The van der Waals surface area contributed by atoms with E-state index in [0.29, 0.717) is 6.42 Å². The van der Waals surface area contributed by atoms with Crippen molar-refractivity contribution in [3.63, 3.8) is 0 Å². The molecule has 0 saturated carbocycles. The van der Waals surface area contributed by atoms with Gasteiger partial charge in [0.15, 0.2) is 5.78 Å². The maximum Gasteiger partial charge on any atom is 0.163 e. The molecule has 1 unspecified atom stereocenters. The lowest BCUT2D eigenvalue weighted by Crippen LogP contribution is -2.23. The monoisotopic (exact) mass is 308 g/mol. The summed E-state index contributed by atoms with van der Waals surface area (Å²) in [7, 11) is 0. The van der Waals surface area contributed by atoms with Gasteiger partial charge < -0.3 is 4.74 Å². The molecule has 1 aliphatic carbocycles. The van der Waals surface area contributed by atoms with Crippen LogP contribution in [-0.4, -0.2) is 5.78 Å². The van der Waals surface area contributed by atoms with E-state index in [4.69, 9.17) is 4.74 Å². The van der Waals surface area contributed by atoms with Gasteiger partial charge in [-0.05, 0) is 24.6 Å². The van der Waals surface area contributed by atoms with Crippen LogP contribution in [0.25, 0.3) is 0 Å². The third-order valence-corrected chi connectivity index (χ3v) is 5.37. The van der Waals surface area contributed by atoms with Gasteiger partial charge in [0.25, 0.3) is 0 Å². The molecule has 1 heterocycles. The quantitative estimate of drug-likeness (QED) is 0.787. The van der Waals surface area contributed by atoms with Crippen LogP contribution in [-0.2, 0) is 4.79 Å². The number of carbonyl (C=O) groups is 1. The molecule has 0 spiro atoms. The molecule has 2 aromatic rings. The van der Waals surface area contributed by atoms with E-state index in [2.05, 4.69) is 18.2 Å². The lowest BCUT2D eigenvalue weighted by Gasteiger charge is -2.32. The van der Waals surface area contributed by atoms with Crippen LogP contribution in [0, 0.1) is 0 Å². The van der Waals surface area contributed by atoms with E-state index in [-0.39, 0.29) is 11.0 Å². The van der Waals surface area contributed by atoms with Gasteiger partial charge in [0.1, 0.15) is 11.5 Å². The highest BCUT2D eigenvalue weighted by molar-refractivity contribution is 7.99. The average Bonchev–Trinajstić information content (AvgIpc) is 2.56. The molecule has 0 radical (unpaired) electrons. The Bertz CT molecular complexity index is 749. The summed E-state index contributed by atoms with van der Waals surface area (Å²) in [4.78, 5) is 13.7. The van der Waals surface area contributed by atoms with Crippen molar-refractivity contribution in [1.82, 2.24) is 0 Å². The molecule has 1 aliphatic heterocycles. The first kappa shape index (κ1) is 13.6. The predicted octanol–water partition coefficient (Wildman–Crippen LogP) is 4.92. The molecule has 4 rings (SSSR count). The number of carbonyl (C=O) groups excluding carboxylic acids is 1. The van der Waals surface area contributed by atoms with Crippen LogP contribution in [0.2, 0.25) is 0 Å². The van der Waals surface area contributed by atoms with Gasteiger partial charge in [-0.2, -0.15) is 0 Å². The van der Waals surface area contributed by atoms with Gasteiger partial charge in [-0.15, -0.1) is 11.8 Å². The predicted molar refractivity (Wildman–Crippen MR) is 88.0 cm³/mol. The molecule has 2 aliphatic rings. The second kappa shape index (κ2) is 5.65. The highest BCUT2D eigenvalue weighted by atomic mass is 32.2. The molecule has 3 heteroatoms. The summed E-state index contributed by atoms with van der Waals surface area (Å²) < 4.78 is 6.02. The number of hydrogen-bond acceptors (Lipinski definition) is 3. The average molecular weight is 308 g/mol. The van der Waals surface area contributed by atoms with Gasteiger partial charge in [-0.1, -0.05) is 36.4 Å². The molecular formula is C19H16O2S. The highest BCUT2D eigenvalue weighted by Gasteiger charge is 2.35. The molecule has 0 saturated heterocycles. The summed E-state index contributed by atoms with van der Waals surface area (Å²) in [6.07, 6.45) is 2.39. The summed E-state index contributed by atoms with van der Waals surface area (Å²) in [5.74, 6) is 2.01. The number of ketones is 1. The van der Waals surface area contributed by atoms with Gasteiger partial charge in [0, 0.05) is 23.3 Å². The van der Waals surface area contributed by atoms with E-state index in [9.17, 15) is 4.79 Å². The zero-order valence-electron chi connectivity index (χ0n) is 12.1. The summed E-state index contributed by atoms with van der Waals surface area (Å²) in [6, 6.07) is 18.3. The van der Waals surface area contributed by atoms with Gasteiger partial charge in [-0.25, -0.2) is 0 Å². The number of fused-ring (bicyclic) bond motifs is 1. The zero-order chi connectivity index (χ0) is 14.9. The number of benzene rings is 2. The number of rotatable bonds is 2. The summed E-state index contributed by atoms with van der Waals surface area (Å²) in [5.41, 5.74) is 1.98. The maximum atomic E-state index is 12.5. The smallest absolute Gasteiger partial charge is 0.163 e. The topological polar surface area (TPSA) is 26.3 Å². The number of thioether (sulfide) groups is 1. The molecule has 2 aromatic carbocycles. The molecule has 0 fully saturated rings. The number of para-hydroxylation sites is 1. The van der Waals surface area contributed by atoms with Crippen molar-refractivity contribution in [2.75, 3.05) is 0 Å². The van der Waals surface area contributed by atoms with Crippen LogP contribution < -0.4 is 4.74 Å². The van der Waals surface area contributed by atoms with Gasteiger partial charge in [0.2, 0.25) is 0 Å². The van der Waals surface area contributed by atoms with E-state index < -0.39 is 0 Å². The van der Waals surface area contributed by atoms with Crippen molar-refractivity contribution in [1.29, 1.82) is 0 Å². The first-order valence-electron chi connectivity index (χ1n) is 7.57. The molecule has 1 atom stereocenters. The second-order valence-corrected chi connectivity index (χ2v) is 6.74. The Hall–Kier alpha value is -2.00. The maximum absolute atomic E-state index is 12.5. The number of allylic oxidation sites excluding steroid dienone is 1. The fourth-order valence-electron chi connectivity index (χ4n) is 3.07. The van der Waals surface area contributed by atoms with E-state index in [1.807, 2.05) is 36.4 Å². The normalized spacial score (nSPS) is 20.2. The zero-order valence-corrected chi connectivity index (χ0v) is 12.9. The molecule has 0 bridgehead atoms. The van der Waals surface area contributed by atoms with Crippen molar-refractivity contribution >= 4 is 17.5 Å². The Morgan fingerprint density at radius 1 is 0.955 bits per heavy atom. The minimum absolute atomic E-state index is 0.0372. The third kappa shape index (κ3) is 2.35. The number of Topliss-reactive ketones (excluding diaryl/α,β-unsaturated/α-hetero) is 1. The molecule has 110 valence electrons. The van der Waals surface area contributed by atoms with Crippen molar-refractivity contribution in [2.24, 2.45) is 0 Å². The summed E-state index contributed by atoms with van der Waals surface area (Å²) in [6.45, 7) is 0. The second-order valence-electron chi connectivity index (χ2n) is 5.56. The van der Waals surface area contributed by atoms with Crippen LogP contribution in [0.3, 0.4) is 0 Å². The number of hydrogen-bond donors (Lipinski definition) is 0. The lowest BCUT2D eigenvalue weighted by molar-refractivity contribution is -0.116. The minimum Gasteiger partial charge on any atom is -0.461 e. The van der Waals surface area contributed by atoms with E-state index in [0.717, 1.165) is 35.5 Å². The lowest BCUT2D eigenvalue weighted by atomic mass is 9.89. The summed E-state index contributed by atoms with van der Waals surface area (Å²) in [5, 5.41) is 0.0372. The SMILES string of the molecule is O=C1CCCC2=C1C(Sc1ccccc1)c1ccccc1O2. The first-order valence-corrected chi connectivity index (χ1v) is 8.45. The molecule has 22 heavy (non-hydrogen) atoms. The Kier molecular flexibility index (Phi) is 3.51. The van der Waals surface area contributed by atoms with Crippen LogP contribution in [0.1, 0.15) is 30.1 Å². The Morgan fingerprint density at radius 3 is 2.59 bits per heavy atom. The van der Waals surface area contributed by atoms with E-state index in [1.54, 1.807) is 11.8 Å². The van der Waals surface area contributed by atoms with Crippen LogP contribution in [0.4, 0.5) is 0 Å². The Morgan fingerprint density at radius 2 is 1.73 bits per heavy atom.